The van der Waals surface area contributed by atoms with Crippen molar-refractivity contribution in [2.75, 3.05) is 19.7 Å². The van der Waals surface area contributed by atoms with Gasteiger partial charge in [-0.15, -0.1) is 0 Å². The van der Waals surface area contributed by atoms with Crippen molar-refractivity contribution >= 4 is 0 Å². The molecule has 2 heterocycles. The molecule has 1 unspecified atom stereocenters. The molecule has 2 aromatic rings. The third-order valence-electron chi connectivity index (χ3n) is 5.32. The highest BCUT2D eigenvalue weighted by Crippen LogP contribution is 2.29. The molecule has 0 radical (unpaired) electrons. The minimum Gasteiger partial charge on any atom is -0.396 e. The van der Waals surface area contributed by atoms with Crippen molar-refractivity contribution in [2.45, 2.75) is 38.6 Å². The number of halogens is 1. The van der Waals surface area contributed by atoms with Crippen LogP contribution < -0.4 is 0 Å². The standard InChI is InChI=1S/C19H24FN3O/c20-15-6-8-16(9-7-15)23-19-5-1-4-17(19)18(21-23)12-22-10-2-3-14(11-22)13-24/h6-9,14,24H,1-5,10-13H2. The predicted molar refractivity (Wildman–Crippen MR) is 90.6 cm³/mol. The minimum atomic E-state index is -0.217. The molecule has 0 bridgehead atoms. The number of benzene rings is 1. The number of hydrogen-bond donors (Lipinski definition) is 1. The van der Waals surface area contributed by atoms with E-state index in [0.29, 0.717) is 5.92 Å². The van der Waals surface area contributed by atoms with Gasteiger partial charge in [0.1, 0.15) is 5.82 Å². The summed E-state index contributed by atoms with van der Waals surface area (Å²) in [5, 5.41) is 14.3. The van der Waals surface area contributed by atoms with Gasteiger partial charge in [0.2, 0.25) is 0 Å². The third-order valence-corrected chi connectivity index (χ3v) is 5.32. The maximum absolute atomic E-state index is 13.2. The fourth-order valence-electron chi connectivity index (χ4n) is 4.09. The maximum atomic E-state index is 13.2. The average Bonchev–Trinajstić information content (AvgIpc) is 3.20. The molecule has 24 heavy (non-hydrogen) atoms. The quantitative estimate of drug-likeness (QED) is 0.938. The highest BCUT2D eigenvalue weighted by molar-refractivity contribution is 5.40. The second-order valence-corrected chi connectivity index (χ2v) is 7.04. The van der Waals surface area contributed by atoms with E-state index in [0.717, 1.165) is 56.7 Å². The van der Waals surface area contributed by atoms with Crippen molar-refractivity contribution in [3.63, 3.8) is 0 Å². The topological polar surface area (TPSA) is 41.3 Å². The highest BCUT2D eigenvalue weighted by atomic mass is 19.1. The molecule has 0 amide bonds. The zero-order chi connectivity index (χ0) is 16.5. The first kappa shape index (κ1) is 15.8. The zero-order valence-corrected chi connectivity index (χ0v) is 13.9. The second kappa shape index (κ2) is 6.65. The van der Waals surface area contributed by atoms with Crippen molar-refractivity contribution in [3.05, 3.63) is 47.0 Å². The van der Waals surface area contributed by atoms with Gasteiger partial charge in [-0.25, -0.2) is 9.07 Å². The Labute approximate surface area is 141 Å². The zero-order valence-electron chi connectivity index (χ0n) is 13.9. The molecule has 1 N–H and O–H groups in total. The van der Waals surface area contributed by atoms with Crippen LogP contribution in [0.25, 0.3) is 5.69 Å². The van der Waals surface area contributed by atoms with Gasteiger partial charge in [-0.3, -0.25) is 4.90 Å². The fraction of sp³-hybridized carbons (Fsp3) is 0.526. The Balaban J connectivity index is 1.60. The molecule has 1 atom stereocenters. The van der Waals surface area contributed by atoms with E-state index >= 15 is 0 Å². The van der Waals surface area contributed by atoms with Gasteiger partial charge < -0.3 is 5.11 Å². The molecule has 2 aliphatic rings. The molecule has 4 rings (SSSR count). The number of likely N-dealkylation sites (tertiary alicyclic amines) is 1. The molecule has 1 aliphatic carbocycles. The lowest BCUT2D eigenvalue weighted by Crippen LogP contribution is -2.36. The Kier molecular flexibility index (Phi) is 4.37. The van der Waals surface area contributed by atoms with E-state index < -0.39 is 0 Å². The normalized spacial score (nSPS) is 21.2. The van der Waals surface area contributed by atoms with E-state index in [-0.39, 0.29) is 12.4 Å². The molecular formula is C19H24FN3O. The average molecular weight is 329 g/mol. The SMILES string of the molecule is OCC1CCCN(Cc2nn(-c3ccc(F)cc3)c3c2CCC3)C1. The van der Waals surface area contributed by atoms with Crippen LogP contribution in [0.5, 0.6) is 0 Å². The molecule has 5 heteroatoms. The van der Waals surface area contributed by atoms with E-state index in [1.54, 1.807) is 12.1 Å². The van der Waals surface area contributed by atoms with Crippen molar-refractivity contribution in [1.29, 1.82) is 0 Å². The summed E-state index contributed by atoms with van der Waals surface area (Å²) in [6.07, 6.45) is 5.56. The summed E-state index contributed by atoms with van der Waals surface area (Å²) >= 11 is 0. The van der Waals surface area contributed by atoms with Gasteiger partial charge in [-0.1, -0.05) is 0 Å². The number of nitrogens with zero attached hydrogens (tertiary/aromatic N) is 3. The predicted octanol–water partition coefficient (Wildman–Crippen LogP) is 2.70. The largest absolute Gasteiger partial charge is 0.396 e. The third kappa shape index (κ3) is 2.98. The Morgan fingerprint density at radius 1 is 1.17 bits per heavy atom. The van der Waals surface area contributed by atoms with Gasteiger partial charge in [0.05, 0.1) is 11.4 Å². The molecular weight excluding hydrogens is 305 g/mol. The van der Waals surface area contributed by atoms with Gasteiger partial charge in [-0.2, -0.15) is 5.10 Å². The summed E-state index contributed by atoms with van der Waals surface area (Å²) < 4.78 is 15.2. The summed E-state index contributed by atoms with van der Waals surface area (Å²) in [5.74, 6) is 0.178. The first-order valence-corrected chi connectivity index (χ1v) is 8.93. The first-order valence-electron chi connectivity index (χ1n) is 8.93. The lowest BCUT2D eigenvalue weighted by atomic mass is 9.99. The minimum absolute atomic E-state index is 0.217. The first-order chi connectivity index (χ1) is 11.7. The number of piperidine rings is 1. The smallest absolute Gasteiger partial charge is 0.123 e. The van der Waals surface area contributed by atoms with Crippen LogP contribution in [-0.2, 0) is 19.4 Å². The van der Waals surface area contributed by atoms with E-state index in [4.69, 9.17) is 5.10 Å². The monoisotopic (exact) mass is 329 g/mol. The summed E-state index contributed by atoms with van der Waals surface area (Å²) in [4.78, 5) is 2.42. The Hall–Kier alpha value is -1.72. The Bertz CT molecular complexity index is 710. The van der Waals surface area contributed by atoms with Gasteiger partial charge in [0, 0.05) is 25.4 Å². The Morgan fingerprint density at radius 3 is 2.79 bits per heavy atom. The summed E-state index contributed by atoms with van der Waals surface area (Å²) in [6, 6.07) is 6.59. The van der Waals surface area contributed by atoms with Crippen molar-refractivity contribution in [3.8, 4) is 5.69 Å². The van der Waals surface area contributed by atoms with E-state index in [9.17, 15) is 9.50 Å². The summed E-state index contributed by atoms with van der Waals surface area (Å²) in [7, 11) is 0. The van der Waals surface area contributed by atoms with Gasteiger partial charge in [-0.05, 0) is 74.4 Å². The maximum Gasteiger partial charge on any atom is 0.123 e. The van der Waals surface area contributed by atoms with Crippen LogP contribution >= 0.6 is 0 Å². The molecule has 0 spiro atoms. The van der Waals surface area contributed by atoms with Gasteiger partial charge >= 0.3 is 0 Å². The molecule has 1 aliphatic heterocycles. The lowest BCUT2D eigenvalue weighted by molar-refractivity contribution is 0.114. The molecule has 1 aromatic carbocycles. The van der Waals surface area contributed by atoms with Crippen LogP contribution in [0.1, 0.15) is 36.2 Å². The molecule has 1 fully saturated rings. The van der Waals surface area contributed by atoms with E-state index in [1.807, 2.05) is 4.68 Å². The molecule has 1 saturated heterocycles. The summed E-state index contributed by atoms with van der Waals surface area (Å²) in [5.41, 5.74) is 4.76. The van der Waals surface area contributed by atoms with Crippen LogP contribution in [0.15, 0.2) is 24.3 Å². The fourth-order valence-corrected chi connectivity index (χ4v) is 4.09. The number of aliphatic hydroxyl groups excluding tert-OH is 1. The van der Waals surface area contributed by atoms with Crippen LogP contribution in [-0.4, -0.2) is 39.5 Å². The van der Waals surface area contributed by atoms with Crippen LogP contribution in [0.2, 0.25) is 0 Å². The molecule has 0 saturated carbocycles. The van der Waals surface area contributed by atoms with E-state index in [1.165, 1.54) is 29.8 Å². The van der Waals surface area contributed by atoms with Crippen molar-refractivity contribution in [2.24, 2.45) is 5.92 Å². The van der Waals surface area contributed by atoms with Gasteiger partial charge in [0.15, 0.2) is 0 Å². The summed E-state index contributed by atoms with van der Waals surface area (Å²) in [6.45, 7) is 3.16. The lowest BCUT2D eigenvalue weighted by Gasteiger charge is -2.31. The van der Waals surface area contributed by atoms with Crippen LogP contribution in [0, 0.1) is 11.7 Å². The molecule has 1 aromatic heterocycles. The number of rotatable bonds is 4. The van der Waals surface area contributed by atoms with Crippen molar-refractivity contribution in [1.82, 2.24) is 14.7 Å². The number of fused-ring (bicyclic) bond motifs is 1. The molecule has 128 valence electrons. The number of hydrogen-bond acceptors (Lipinski definition) is 3. The van der Waals surface area contributed by atoms with Crippen LogP contribution in [0.4, 0.5) is 4.39 Å². The number of aliphatic hydroxyl groups is 1. The van der Waals surface area contributed by atoms with Crippen molar-refractivity contribution < 1.29 is 9.50 Å². The second-order valence-electron chi connectivity index (χ2n) is 7.04. The van der Waals surface area contributed by atoms with Gasteiger partial charge in [0.25, 0.3) is 0 Å². The van der Waals surface area contributed by atoms with E-state index in [2.05, 4.69) is 4.90 Å². The highest BCUT2D eigenvalue weighted by Gasteiger charge is 2.26. The molecule has 4 nitrogen and oxygen atoms in total. The number of aromatic nitrogens is 2. The Morgan fingerprint density at radius 2 is 2.00 bits per heavy atom. The van der Waals surface area contributed by atoms with Crippen LogP contribution in [0.3, 0.4) is 0 Å².